The molecule has 4 aromatic heterocycles. The number of amides is 1. The second-order valence-electron chi connectivity index (χ2n) is 9.68. The number of fused-ring (bicyclic) bond motifs is 2. The molecular formula is C26H31N7O3. The van der Waals surface area contributed by atoms with Crippen LogP contribution in [0.25, 0.3) is 27.7 Å². The second kappa shape index (κ2) is 9.87. The Morgan fingerprint density at radius 1 is 1.14 bits per heavy atom. The minimum Gasteiger partial charge on any atom is -0.381 e. The highest BCUT2D eigenvalue weighted by Gasteiger charge is 2.24. The molecular weight excluding hydrogens is 458 g/mol. The fourth-order valence-electron chi connectivity index (χ4n) is 5.27. The Balaban J connectivity index is 1.23. The first-order valence-electron chi connectivity index (χ1n) is 12.7. The van der Waals surface area contributed by atoms with Gasteiger partial charge in [-0.3, -0.25) is 4.79 Å². The summed E-state index contributed by atoms with van der Waals surface area (Å²) >= 11 is 0. The third kappa shape index (κ3) is 4.54. The first-order chi connectivity index (χ1) is 17.7. The summed E-state index contributed by atoms with van der Waals surface area (Å²) in [4.78, 5) is 25.6. The van der Waals surface area contributed by atoms with Crippen molar-refractivity contribution in [3.63, 3.8) is 0 Å². The summed E-state index contributed by atoms with van der Waals surface area (Å²) in [6, 6.07) is 4.48. The lowest BCUT2D eigenvalue weighted by molar-refractivity contribution is 0.0599. The number of methoxy groups -OCH3 is 1. The van der Waals surface area contributed by atoms with Crippen LogP contribution in [0.2, 0.25) is 0 Å². The molecule has 10 heteroatoms. The zero-order chi connectivity index (χ0) is 24.5. The molecule has 5 heterocycles. The fraction of sp³-hybridized carbons (Fsp3) is 0.462. The molecule has 1 saturated carbocycles. The maximum Gasteiger partial charge on any atom is 0.255 e. The quantitative estimate of drug-likeness (QED) is 0.379. The van der Waals surface area contributed by atoms with E-state index in [1.807, 2.05) is 30.7 Å². The molecule has 3 N–H and O–H groups in total. The van der Waals surface area contributed by atoms with Crippen molar-refractivity contribution in [2.75, 3.05) is 25.6 Å². The van der Waals surface area contributed by atoms with Gasteiger partial charge in [0.05, 0.1) is 23.4 Å². The van der Waals surface area contributed by atoms with Crippen molar-refractivity contribution in [2.45, 2.75) is 56.7 Å². The zero-order valence-corrected chi connectivity index (χ0v) is 20.4. The fourth-order valence-corrected chi connectivity index (χ4v) is 5.27. The first-order valence-corrected chi connectivity index (χ1v) is 12.7. The van der Waals surface area contributed by atoms with Crippen molar-refractivity contribution in [2.24, 2.45) is 0 Å². The maximum atomic E-state index is 13.1. The molecule has 2 aliphatic rings. The van der Waals surface area contributed by atoms with E-state index in [2.05, 4.69) is 30.7 Å². The van der Waals surface area contributed by atoms with Gasteiger partial charge in [0.25, 0.3) is 5.91 Å². The lowest BCUT2D eigenvalue weighted by Gasteiger charge is -2.28. The summed E-state index contributed by atoms with van der Waals surface area (Å²) in [5.41, 5.74) is 4.06. The number of carbonyl (C=O) groups is 1. The Kier molecular flexibility index (Phi) is 6.28. The Morgan fingerprint density at radius 2 is 1.97 bits per heavy atom. The summed E-state index contributed by atoms with van der Waals surface area (Å²) in [7, 11) is 1.75. The number of ether oxygens (including phenoxy) is 2. The number of hydrogen-bond acceptors (Lipinski definition) is 7. The first kappa shape index (κ1) is 22.9. The molecule has 1 aliphatic heterocycles. The van der Waals surface area contributed by atoms with Crippen LogP contribution in [0.4, 0.5) is 5.95 Å². The van der Waals surface area contributed by atoms with Crippen molar-refractivity contribution in [3.8, 4) is 11.1 Å². The van der Waals surface area contributed by atoms with Crippen molar-refractivity contribution in [1.82, 2.24) is 29.9 Å². The molecule has 0 bridgehead atoms. The predicted molar refractivity (Wildman–Crippen MR) is 136 cm³/mol. The molecule has 1 saturated heterocycles. The number of rotatable bonds is 6. The van der Waals surface area contributed by atoms with Gasteiger partial charge in [0.1, 0.15) is 5.65 Å². The lowest BCUT2D eigenvalue weighted by atomic mass is 9.93. The van der Waals surface area contributed by atoms with Gasteiger partial charge in [0, 0.05) is 61.9 Å². The molecule has 0 radical (unpaired) electrons. The average molecular weight is 490 g/mol. The van der Waals surface area contributed by atoms with E-state index in [4.69, 9.17) is 9.47 Å². The normalized spacial score (nSPS) is 21.1. The van der Waals surface area contributed by atoms with Crippen molar-refractivity contribution in [3.05, 3.63) is 42.5 Å². The van der Waals surface area contributed by atoms with E-state index >= 15 is 0 Å². The highest BCUT2D eigenvalue weighted by molar-refractivity contribution is 6.02. The minimum absolute atomic E-state index is 0.0888. The van der Waals surface area contributed by atoms with E-state index in [0.717, 1.165) is 79.4 Å². The van der Waals surface area contributed by atoms with Crippen molar-refractivity contribution >= 4 is 28.4 Å². The standard InChI is InChI=1S/C26H31N7O3/c1-35-19-4-2-17(3-5-19)30-25(34)22-15-29-33-9-6-16(12-23(22)33)20-13-27-24-21(20)14-28-26(32-24)31-18-7-10-36-11-8-18/h6,9,12-15,17-19H,2-5,7-8,10-11H2,1H3,(H,30,34)(H2,27,28,31,32). The monoisotopic (exact) mass is 489 g/mol. The van der Waals surface area contributed by atoms with Gasteiger partial charge in [-0.25, -0.2) is 9.50 Å². The Labute approximate surface area is 208 Å². The van der Waals surface area contributed by atoms with Crippen LogP contribution in [-0.4, -0.2) is 69.0 Å². The van der Waals surface area contributed by atoms with E-state index in [1.54, 1.807) is 17.8 Å². The number of nitrogens with one attached hydrogen (secondary N) is 3. The molecule has 4 aromatic rings. The maximum absolute atomic E-state index is 13.1. The van der Waals surface area contributed by atoms with E-state index < -0.39 is 0 Å². The number of anilines is 1. The van der Waals surface area contributed by atoms with Crippen molar-refractivity contribution in [1.29, 1.82) is 0 Å². The summed E-state index contributed by atoms with van der Waals surface area (Å²) in [5.74, 6) is 0.529. The number of nitrogens with zero attached hydrogens (tertiary/aromatic N) is 4. The van der Waals surface area contributed by atoms with Crippen LogP contribution in [0.15, 0.2) is 36.9 Å². The number of H-pyrrole nitrogens is 1. The zero-order valence-electron chi connectivity index (χ0n) is 20.4. The highest BCUT2D eigenvalue weighted by atomic mass is 16.5. The number of aromatic amines is 1. The number of pyridine rings is 1. The van der Waals surface area contributed by atoms with Gasteiger partial charge in [-0.15, -0.1) is 0 Å². The minimum atomic E-state index is -0.0888. The van der Waals surface area contributed by atoms with Gasteiger partial charge >= 0.3 is 0 Å². The molecule has 6 rings (SSSR count). The van der Waals surface area contributed by atoms with Crippen LogP contribution in [0.3, 0.4) is 0 Å². The van der Waals surface area contributed by atoms with E-state index in [0.29, 0.717) is 23.7 Å². The van der Waals surface area contributed by atoms with E-state index in [1.165, 1.54) is 0 Å². The van der Waals surface area contributed by atoms with Crippen LogP contribution < -0.4 is 10.6 Å². The average Bonchev–Trinajstić information content (AvgIpc) is 3.53. The smallest absolute Gasteiger partial charge is 0.255 e. The predicted octanol–water partition coefficient (Wildman–Crippen LogP) is 3.55. The molecule has 10 nitrogen and oxygen atoms in total. The van der Waals surface area contributed by atoms with Gasteiger partial charge in [0.15, 0.2) is 0 Å². The van der Waals surface area contributed by atoms with E-state index in [-0.39, 0.29) is 11.9 Å². The molecule has 1 aliphatic carbocycles. The second-order valence-corrected chi connectivity index (χ2v) is 9.68. The Morgan fingerprint density at radius 3 is 2.78 bits per heavy atom. The number of carbonyl (C=O) groups excluding carboxylic acids is 1. The molecule has 0 unspecified atom stereocenters. The largest absolute Gasteiger partial charge is 0.381 e. The molecule has 0 spiro atoms. The molecule has 36 heavy (non-hydrogen) atoms. The Hall–Kier alpha value is -3.50. The number of hydrogen-bond donors (Lipinski definition) is 3. The highest BCUT2D eigenvalue weighted by Crippen LogP contribution is 2.30. The lowest BCUT2D eigenvalue weighted by Crippen LogP contribution is -2.38. The topological polar surface area (TPSA) is 118 Å². The summed E-state index contributed by atoms with van der Waals surface area (Å²) in [6.45, 7) is 1.52. The van der Waals surface area contributed by atoms with Gasteiger partial charge in [-0.05, 0) is 56.2 Å². The third-order valence-electron chi connectivity index (χ3n) is 7.41. The van der Waals surface area contributed by atoms with E-state index in [9.17, 15) is 4.79 Å². The molecule has 1 amide bonds. The molecule has 0 atom stereocenters. The summed E-state index contributed by atoms with van der Waals surface area (Å²) in [6.07, 6.45) is 13.3. The summed E-state index contributed by atoms with van der Waals surface area (Å²) < 4.78 is 12.6. The van der Waals surface area contributed by atoms with Crippen molar-refractivity contribution < 1.29 is 14.3 Å². The van der Waals surface area contributed by atoms with Crippen LogP contribution in [0.5, 0.6) is 0 Å². The number of aromatic nitrogens is 5. The van der Waals surface area contributed by atoms with Crippen LogP contribution in [0.1, 0.15) is 48.9 Å². The van der Waals surface area contributed by atoms with Crippen LogP contribution >= 0.6 is 0 Å². The van der Waals surface area contributed by atoms with Gasteiger partial charge in [0.2, 0.25) is 5.95 Å². The SMILES string of the molecule is COC1CCC(NC(=O)c2cnn3ccc(-c4c[nH]c5nc(NC6CCOCC6)ncc45)cc23)CC1. The van der Waals surface area contributed by atoms with Gasteiger partial charge < -0.3 is 25.1 Å². The molecule has 2 fully saturated rings. The third-order valence-corrected chi connectivity index (χ3v) is 7.41. The van der Waals surface area contributed by atoms with Gasteiger partial charge in [-0.1, -0.05) is 0 Å². The van der Waals surface area contributed by atoms with Crippen LogP contribution in [0, 0.1) is 0 Å². The molecule has 0 aromatic carbocycles. The van der Waals surface area contributed by atoms with Gasteiger partial charge in [-0.2, -0.15) is 10.1 Å². The summed E-state index contributed by atoms with van der Waals surface area (Å²) in [5, 5.41) is 11.9. The van der Waals surface area contributed by atoms with Crippen LogP contribution in [-0.2, 0) is 9.47 Å². The Bertz CT molecular complexity index is 1370. The molecule has 188 valence electrons.